The maximum Gasteiger partial charge on any atom is 0.178 e. The average molecular weight is 184 g/mol. The molecule has 0 fully saturated rings. The van der Waals surface area contributed by atoms with Crippen molar-refractivity contribution in [3.05, 3.63) is 29.8 Å². The SMILES string of the molecule is OCc1ccccc1[SiH2]O[SiH3]. The first kappa shape index (κ1) is 8.67. The Morgan fingerprint density at radius 2 is 2.18 bits per heavy atom. The van der Waals surface area contributed by atoms with Gasteiger partial charge < -0.3 is 9.22 Å². The van der Waals surface area contributed by atoms with Crippen molar-refractivity contribution in [1.29, 1.82) is 0 Å². The van der Waals surface area contributed by atoms with Gasteiger partial charge in [0.15, 0.2) is 9.76 Å². The third-order valence-corrected chi connectivity index (χ3v) is 3.74. The quantitative estimate of drug-likeness (QED) is 0.561. The average Bonchev–Trinajstić information content (AvgIpc) is 2.06. The second kappa shape index (κ2) is 4.45. The predicted molar refractivity (Wildman–Crippen MR) is 51.6 cm³/mol. The van der Waals surface area contributed by atoms with Crippen molar-refractivity contribution in [2.24, 2.45) is 0 Å². The van der Waals surface area contributed by atoms with E-state index in [2.05, 4.69) is 0 Å². The highest BCUT2D eigenvalue weighted by Gasteiger charge is 1.98. The summed E-state index contributed by atoms with van der Waals surface area (Å²) in [6.07, 6.45) is 0. The summed E-state index contributed by atoms with van der Waals surface area (Å²) < 4.78 is 5.24. The van der Waals surface area contributed by atoms with E-state index >= 15 is 0 Å². The lowest BCUT2D eigenvalue weighted by atomic mass is 10.2. The van der Waals surface area contributed by atoms with Gasteiger partial charge in [-0.3, -0.25) is 0 Å². The molecule has 4 heteroatoms. The Bertz CT molecular complexity index is 227. The predicted octanol–water partition coefficient (Wildman–Crippen LogP) is -1.82. The number of hydrogen-bond acceptors (Lipinski definition) is 2. The minimum atomic E-state index is -0.539. The van der Waals surface area contributed by atoms with Crippen LogP contribution >= 0.6 is 0 Å². The molecule has 0 aliphatic rings. The van der Waals surface area contributed by atoms with E-state index < -0.39 is 9.76 Å². The highest BCUT2D eigenvalue weighted by atomic mass is 28.3. The molecule has 1 rings (SSSR count). The fourth-order valence-electron chi connectivity index (χ4n) is 1.01. The summed E-state index contributed by atoms with van der Waals surface area (Å²) >= 11 is 0. The largest absolute Gasteiger partial charge is 0.465 e. The van der Waals surface area contributed by atoms with E-state index in [4.69, 9.17) is 9.22 Å². The van der Waals surface area contributed by atoms with E-state index in [1.54, 1.807) is 0 Å². The van der Waals surface area contributed by atoms with Gasteiger partial charge in [0, 0.05) is 0 Å². The lowest BCUT2D eigenvalue weighted by molar-refractivity contribution is 0.283. The highest BCUT2D eigenvalue weighted by molar-refractivity contribution is 6.51. The Morgan fingerprint density at radius 3 is 2.82 bits per heavy atom. The minimum absolute atomic E-state index is 0.133. The van der Waals surface area contributed by atoms with Crippen LogP contribution in [0.4, 0.5) is 0 Å². The minimum Gasteiger partial charge on any atom is -0.465 e. The lowest BCUT2D eigenvalue weighted by Gasteiger charge is -2.04. The molecule has 0 aromatic heterocycles. The Balaban J connectivity index is 2.83. The van der Waals surface area contributed by atoms with Crippen LogP contribution in [0.1, 0.15) is 5.56 Å². The summed E-state index contributed by atoms with van der Waals surface area (Å²) in [4.78, 5) is 0. The van der Waals surface area contributed by atoms with Crippen molar-refractivity contribution in [1.82, 2.24) is 0 Å². The van der Waals surface area contributed by atoms with Gasteiger partial charge in [0.25, 0.3) is 0 Å². The van der Waals surface area contributed by atoms with Crippen LogP contribution in [0, 0.1) is 0 Å². The standard InChI is InChI=1S/C7H12O2Si2/c8-5-6-3-1-2-4-7(6)11-9-10/h1-4,8H,5,11H2,10H3. The maximum atomic E-state index is 8.92. The maximum absolute atomic E-state index is 8.92. The molecule has 11 heavy (non-hydrogen) atoms. The van der Waals surface area contributed by atoms with Gasteiger partial charge in [-0.25, -0.2) is 0 Å². The first-order chi connectivity index (χ1) is 5.38. The molecule has 0 bridgehead atoms. The summed E-state index contributed by atoms with van der Waals surface area (Å²) in [5, 5.41) is 10.1. The van der Waals surface area contributed by atoms with Crippen LogP contribution in [0.25, 0.3) is 0 Å². The Kier molecular flexibility index (Phi) is 3.51. The van der Waals surface area contributed by atoms with Crippen molar-refractivity contribution in [2.75, 3.05) is 0 Å². The summed E-state index contributed by atoms with van der Waals surface area (Å²) in [5.41, 5.74) is 1.02. The van der Waals surface area contributed by atoms with Gasteiger partial charge in [-0.2, -0.15) is 0 Å². The molecule has 60 valence electrons. The van der Waals surface area contributed by atoms with Gasteiger partial charge in [0.2, 0.25) is 0 Å². The molecular formula is C7H12O2Si2. The number of hydrogen-bond donors (Lipinski definition) is 1. The molecule has 0 radical (unpaired) electrons. The fraction of sp³-hybridized carbons (Fsp3) is 0.143. The Labute approximate surface area is 71.7 Å². The molecule has 0 unspecified atom stereocenters. The van der Waals surface area contributed by atoms with E-state index in [0.717, 1.165) is 16.0 Å². The van der Waals surface area contributed by atoms with Crippen molar-refractivity contribution in [2.45, 2.75) is 6.61 Å². The van der Waals surface area contributed by atoms with Gasteiger partial charge in [-0.1, -0.05) is 24.3 Å². The zero-order valence-corrected chi connectivity index (χ0v) is 9.99. The van der Waals surface area contributed by atoms with Crippen LogP contribution < -0.4 is 5.19 Å². The van der Waals surface area contributed by atoms with Crippen molar-refractivity contribution >= 4 is 25.4 Å². The second-order valence-electron chi connectivity index (χ2n) is 2.36. The molecule has 0 atom stereocenters. The zero-order chi connectivity index (χ0) is 8.10. The molecule has 1 aromatic carbocycles. The van der Waals surface area contributed by atoms with Gasteiger partial charge in [-0.05, 0) is 10.8 Å². The van der Waals surface area contributed by atoms with Crippen LogP contribution in [-0.4, -0.2) is 25.4 Å². The zero-order valence-electron chi connectivity index (χ0n) is 6.58. The van der Waals surface area contributed by atoms with Crippen molar-refractivity contribution in [3.8, 4) is 0 Å². The Hall–Kier alpha value is -0.426. The number of aliphatic hydroxyl groups excluding tert-OH is 1. The topological polar surface area (TPSA) is 29.5 Å². The first-order valence-electron chi connectivity index (χ1n) is 3.55. The van der Waals surface area contributed by atoms with Crippen LogP contribution in [-0.2, 0) is 10.7 Å². The van der Waals surface area contributed by atoms with Crippen molar-refractivity contribution in [3.63, 3.8) is 0 Å². The summed E-state index contributed by atoms with van der Waals surface area (Å²) in [5.74, 6) is 0. The van der Waals surface area contributed by atoms with E-state index in [0.29, 0.717) is 0 Å². The molecule has 0 amide bonds. The molecule has 2 nitrogen and oxygen atoms in total. The molecule has 0 saturated carbocycles. The molecule has 0 saturated heterocycles. The second-order valence-corrected chi connectivity index (χ2v) is 5.72. The Morgan fingerprint density at radius 1 is 1.45 bits per heavy atom. The third kappa shape index (κ3) is 2.26. The molecule has 0 spiro atoms. The summed E-state index contributed by atoms with van der Waals surface area (Å²) in [6, 6.07) is 7.91. The molecular weight excluding hydrogens is 172 g/mol. The third-order valence-electron chi connectivity index (χ3n) is 1.59. The summed E-state index contributed by atoms with van der Waals surface area (Å²) in [6.45, 7) is 0.133. The normalized spacial score (nSPS) is 11.4. The smallest absolute Gasteiger partial charge is 0.178 e. The van der Waals surface area contributed by atoms with E-state index in [1.165, 1.54) is 5.19 Å². The van der Waals surface area contributed by atoms with E-state index in [1.807, 2.05) is 24.3 Å². The van der Waals surface area contributed by atoms with Gasteiger partial charge in [0.1, 0.15) is 10.5 Å². The lowest BCUT2D eigenvalue weighted by Crippen LogP contribution is -2.20. The highest BCUT2D eigenvalue weighted by Crippen LogP contribution is 1.94. The molecule has 1 aromatic rings. The van der Waals surface area contributed by atoms with E-state index in [-0.39, 0.29) is 6.61 Å². The van der Waals surface area contributed by atoms with Gasteiger partial charge in [-0.15, -0.1) is 0 Å². The molecule has 1 N–H and O–H groups in total. The number of rotatable bonds is 3. The molecule has 0 heterocycles. The van der Waals surface area contributed by atoms with Crippen LogP contribution in [0.2, 0.25) is 0 Å². The van der Waals surface area contributed by atoms with Crippen molar-refractivity contribution < 1.29 is 9.22 Å². The number of benzene rings is 1. The fourth-order valence-corrected chi connectivity index (χ4v) is 2.90. The first-order valence-corrected chi connectivity index (χ1v) is 5.65. The van der Waals surface area contributed by atoms with Gasteiger partial charge in [0.05, 0.1) is 6.61 Å². The van der Waals surface area contributed by atoms with E-state index in [9.17, 15) is 0 Å². The van der Waals surface area contributed by atoms with Crippen LogP contribution in [0.15, 0.2) is 24.3 Å². The molecule has 0 aliphatic heterocycles. The summed E-state index contributed by atoms with van der Waals surface area (Å²) in [7, 11) is 0.265. The number of aliphatic hydroxyl groups is 1. The monoisotopic (exact) mass is 184 g/mol. The van der Waals surface area contributed by atoms with Crippen LogP contribution in [0.5, 0.6) is 0 Å². The molecule has 0 aliphatic carbocycles. The van der Waals surface area contributed by atoms with Crippen LogP contribution in [0.3, 0.4) is 0 Å². The van der Waals surface area contributed by atoms with Gasteiger partial charge >= 0.3 is 0 Å².